The van der Waals surface area contributed by atoms with E-state index < -0.39 is 0 Å². The summed E-state index contributed by atoms with van der Waals surface area (Å²) >= 11 is 1.54. The lowest BCUT2D eigenvalue weighted by Crippen LogP contribution is -2.01. The van der Waals surface area contributed by atoms with Gasteiger partial charge in [0, 0.05) is 0 Å². The molecular formula is C10H11N3OS. The minimum atomic E-state index is -0.0438. The van der Waals surface area contributed by atoms with Gasteiger partial charge in [-0.3, -0.25) is 5.43 Å². The van der Waals surface area contributed by atoms with E-state index in [-0.39, 0.29) is 6.61 Å². The zero-order valence-corrected chi connectivity index (χ0v) is 9.08. The molecule has 1 aromatic heterocycles. The van der Waals surface area contributed by atoms with Crippen LogP contribution in [0.2, 0.25) is 0 Å². The molecule has 0 bridgehead atoms. The van der Waals surface area contributed by atoms with Crippen molar-refractivity contribution >= 4 is 32.4 Å². The predicted octanol–water partition coefficient (Wildman–Crippen LogP) is 2.08. The van der Waals surface area contributed by atoms with Gasteiger partial charge in [0.2, 0.25) is 5.13 Å². The third kappa shape index (κ3) is 2.31. The van der Waals surface area contributed by atoms with Crippen LogP contribution in [0.1, 0.15) is 6.92 Å². The molecule has 0 aliphatic heterocycles. The molecule has 0 spiro atoms. The van der Waals surface area contributed by atoms with Crippen LogP contribution in [0.4, 0.5) is 5.13 Å². The maximum absolute atomic E-state index is 8.76. The van der Waals surface area contributed by atoms with Gasteiger partial charge in [0.25, 0.3) is 0 Å². The number of para-hydroxylation sites is 1. The van der Waals surface area contributed by atoms with Crippen molar-refractivity contribution in [3.05, 3.63) is 24.3 Å². The summed E-state index contributed by atoms with van der Waals surface area (Å²) in [6, 6.07) is 7.90. The van der Waals surface area contributed by atoms with Gasteiger partial charge in [-0.2, -0.15) is 5.10 Å². The summed E-state index contributed by atoms with van der Waals surface area (Å²) in [4.78, 5) is 4.34. The average molecular weight is 221 g/mol. The number of aromatic nitrogens is 1. The lowest BCUT2D eigenvalue weighted by molar-refractivity contribution is 0.356. The molecule has 2 aromatic rings. The number of hydrazone groups is 1. The third-order valence-corrected chi connectivity index (χ3v) is 2.81. The highest BCUT2D eigenvalue weighted by Gasteiger charge is 2.00. The molecule has 0 aliphatic rings. The highest BCUT2D eigenvalue weighted by Crippen LogP contribution is 2.25. The van der Waals surface area contributed by atoms with Crippen LogP contribution in [0.15, 0.2) is 29.4 Å². The highest BCUT2D eigenvalue weighted by atomic mass is 32.1. The van der Waals surface area contributed by atoms with Crippen LogP contribution in [0.5, 0.6) is 0 Å². The second-order valence-electron chi connectivity index (χ2n) is 3.10. The summed E-state index contributed by atoms with van der Waals surface area (Å²) in [6.07, 6.45) is 0. The number of benzene rings is 1. The van der Waals surface area contributed by atoms with Gasteiger partial charge in [-0.05, 0) is 19.1 Å². The van der Waals surface area contributed by atoms with Crippen molar-refractivity contribution in [1.29, 1.82) is 0 Å². The molecule has 0 fully saturated rings. The molecule has 0 aliphatic carbocycles. The van der Waals surface area contributed by atoms with E-state index in [1.54, 1.807) is 6.92 Å². The summed E-state index contributed by atoms with van der Waals surface area (Å²) in [5.41, 5.74) is 4.41. The molecule has 78 valence electrons. The van der Waals surface area contributed by atoms with Crippen LogP contribution >= 0.6 is 11.3 Å². The van der Waals surface area contributed by atoms with E-state index in [0.29, 0.717) is 5.71 Å². The van der Waals surface area contributed by atoms with Gasteiger partial charge >= 0.3 is 0 Å². The van der Waals surface area contributed by atoms with E-state index in [1.807, 2.05) is 24.3 Å². The molecule has 0 amide bonds. The number of thiazole rings is 1. The smallest absolute Gasteiger partial charge is 0.204 e. The number of aliphatic hydroxyl groups is 1. The number of rotatable bonds is 3. The van der Waals surface area contributed by atoms with E-state index in [1.165, 1.54) is 11.3 Å². The van der Waals surface area contributed by atoms with Crippen LogP contribution in [0.3, 0.4) is 0 Å². The van der Waals surface area contributed by atoms with Crippen LogP contribution in [-0.4, -0.2) is 22.4 Å². The molecule has 0 radical (unpaired) electrons. The second kappa shape index (κ2) is 4.37. The van der Waals surface area contributed by atoms with Crippen molar-refractivity contribution in [2.45, 2.75) is 6.92 Å². The van der Waals surface area contributed by atoms with E-state index >= 15 is 0 Å². The maximum atomic E-state index is 8.76. The Balaban J connectivity index is 2.22. The fourth-order valence-corrected chi connectivity index (χ4v) is 1.91. The first kappa shape index (κ1) is 10.1. The van der Waals surface area contributed by atoms with Gasteiger partial charge < -0.3 is 5.11 Å². The number of hydrogen-bond donors (Lipinski definition) is 2. The minimum absolute atomic E-state index is 0.0438. The third-order valence-electron chi connectivity index (χ3n) is 1.87. The van der Waals surface area contributed by atoms with Crippen molar-refractivity contribution < 1.29 is 5.11 Å². The minimum Gasteiger partial charge on any atom is -0.390 e. The van der Waals surface area contributed by atoms with E-state index in [9.17, 15) is 0 Å². The number of fused-ring (bicyclic) bond motifs is 1. The van der Waals surface area contributed by atoms with Crippen LogP contribution in [-0.2, 0) is 0 Å². The van der Waals surface area contributed by atoms with Crippen LogP contribution < -0.4 is 5.43 Å². The lowest BCUT2D eigenvalue weighted by atomic mass is 10.3. The quantitative estimate of drug-likeness (QED) is 0.616. The Morgan fingerprint density at radius 3 is 3.07 bits per heavy atom. The summed E-state index contributed by atoms with van der Waals surface area (Å²) < 4.78 is 1.12. The van der Waals surface area contributed by atoms with E-state index in [0.717, 1.165) is 15.3 Å². The van der Waals surface area contributed by atoms with Gasteiger partial charge in [0.1, 0.15) is 0 Å². The van der Waals surface area contributed by atoms with Crippen molar-refractivity contribution in [3.63, 3.8) is 0 Å². The van der Waals surface area contributed by atoms with Gasteiger partial charge in [-0.1, -0.05) is 23.5 Å². The van der Waals surface area contributed by atoms with E-state index in [2.05, 4.69) is 15.5 Å². The molecule has 2 N–H and O–H groups in total. The number of aliphatic hydroxyl groups excluding tert-OH is 1. The largest absolute Gasteiger partial charge is 0.390 e. The van der Waals surface area contributed by atoms with Crippen molar-refractivity contribution in [2.75, 3.05) is 12.0 Å². The standard InChI is InChI=1S/C10H11N3OS/c1-7(6-14)12-13-10-11-8-4-2-3-5-9(8)15-10/h2-5,14H,6H2,1H3,(H,11,13)/b12-7+. The lowest BCUT2D eigenvalue weighted by Gasteiger charge is -1.94. The normalized spacial score (nSPS) is 12.0. The first-order valence-electron chi connectivity index (χ1n) is 4.55. The molecular weight excluding hydrogens is 210 g/mol. The molecule has 0 saturated heterocycles. The number of anilines is 1. The van der Waals surface area contributed by atoms with Gasteiger partial charge in [0.15, 0.2) is 0 Å². The second-order valence-corrected chi connectivity index (χ2v) is 4.13. The monoisotopic (exact) mass is 221 g/mol. The van der Waals surface area contributed by atoms with Gasteiger partial charge in [-0.15, -0.1) is 0 Å². The Morgan fingerprint density at radius 2 is 2.33 bits per heavy atom. The molecule has 0 atom stereocenters. The van der Waals surface area contributed by atoms with Gasteiger partial charge in [0.05, 0.1) is 22.5 Å². The number of nitrogens with zero attached hydrogens (tertiary/aromatic N) is 2. The topological polar surface area (TPSA) is 57.5 Å². The zero-order valence-electron chi connectivity index (χ0n) is 8.27. The molecule has 1 aromatic carbocycles. The van der Waals surface area contributed by atoms with Gasteiger partial charge in [-0.25, -0.2) is 4.98 Å². The SMILES string of the molecule is C/C(CO)=N\Nc1nc2ccccc2s1. The average Bonchev–Trinajstić information content (AvgIpc) is 2.68. The van der Waals surface area contributed by atoms with Crippen molar-refractivity contribution in [3.8, 4) is 0 Å². The Hall–Kier alpha value is -1.46. The first-order valence-corrected chi connectivity index (χ1v) is 5.37. The summed E-state index contributed by atoms with van der Waals surface area (Å²) in [5.74, 6) is 0. The van der Waals surface area contributed by atoms with Crippen LogP contribution in [0, 0.1) is 0 Å². The molecule has 15 heavy (non-hydrogen) atoms. The Bertz CT molecular complexity index is 459. The fourth-order valence-electron chi connectivity index (χ4n) is 1.10. The molecule has 5 heteroatoms. The van der Waals surface area contributed by atoms with Crippen molar-refractivity contribution in [1.82, 2.24) is 4.98 Å². The fraction of sp³-hybridized carbons (Fsp3) is 0.200. The first-order chi connectivity index (χ1) is 7.29. The zero-order chi connectivity index (χ0) is 10.7. The molecule has 4 nitrogen and oxygen atoms in total. The maximum Gasteiger partial charge on any atom is 0.204 e. The molecule has 2 rings (SSSR count). The molecule has 0 saturated carbocycles. The van der Waals surface area contributed by atoms with Crippen LogP contribution in [0.25, 0.3) is 10.2 Å². The van der Waals surface area contributed by atoms with E-state index in [4.69, 9.17) is 5.11 Å². The number of hydrogen-bond acceptors (Lipinski definition) is 5. The summed E-state index contributed by atoms with van der Waals surface area (Å²) in [7, 11) is 0. The Kier molecular flexibility index (Phi) is 2.94. The summed E-state index contributed by atoms with van der Waals surface area (Å²) in [6.45, 7) is 1.71. The Morgan fingerprint density at radius 1 is 1.53 bits per heavy atom. The molecule has 0 unspecified atom stereocenters. The highest BCUT2D eigenvalue weighted by molar-refractivity contribution is 7.22. The van der Waals surface area contributed by atoms with Crippen molar-refractivity contribution in [2.24, 2.45) is 5.10 Å². The number of nitrogens with one attached hydrogen (secondary N) is 1. The Labute approximate surface area is 91.3 Å². The summed E-state index contributed by atoms with van der Waals surface area (Å²) in [5, 5.41) is 13.5. The molecule has 1 heterocycles. The predicted molar refractivity (Wildman–Crippen MR) is 63.4 cm³/mol.